The summed E-state index contributed by atoms with van der Waals surface area (Å²) in [6.07, 6.45) is 1.35. The maximum atomic E-state index is 12.2. The van der Waals surface area contributed by atoms with Gasteiger partial charge in [-0.25, -0.2) is 0 Å². The first kappa shape index (κ1) is 43.4. The van der Waals surface area contributed by atoms with E-state index in [4.69, 9.17) is 19.3 Å². The average molecular weight is 884 g/mol. The van der Waals surface area contributed by atoms with Crippen LogP contribution in [0.2, 0.25) is 0 Å². The number of rotatable bonds is 4. The predicted molar refractivity (Wildman–Crippen MR) is 228 cm³/mol. The molecule has 0 aromatic heterocycles. The van der Waals surface area contributed by atoms with Gasteiger partial charge in [-0.15, -0.1) is 0 Å². The number of carbonyl (C=O) groups is 4. The van der Waals surface area contributed by atoms with Gasteiger partial charge in [-0.1, -0.05) is 141 Å². The zero-order valence-corrected chi connectivity index (χ0v) is 36.5. The van der Waals surface area contributed by atoms with Gasteiger partial charge in [0.1, 0.15) is 0 Å². The largest absolute Gasteiger partial charge is 0.394 e. The second kappa shape index (κ2) is 18.5. The highest BCUT2D eigenvalue weighted by Gasteiger charge is 2.51. The number of amides is 4. The van der Waals surface area contributed by atoms with E-state index >= 15 is 0 Å². The van der Waals surface area contributed by atoms with Crippen LogP contribution in [0, 0.1) is 23.7 Å². The monoisotopic (exact) mass is 882 g/mol. The van der Waals surface area contributed by atoms with Crippen molar-refractivity contribution in [1.29, 1.82) is 0 Å². The minimum Gasteiger partial charge on any atom is -0.394 e. The first-order chi connectivity index (χ1) is 28.8. The number of hydrogen-bond donors (Lipinski definition) is 2. The first-order valence-electron chi connectivity index (χ1n) is 20.8. The molecule has 7 heterocycles. The van der Waals surface area contributed by atoms with Crippen LogP contribution >= 0.6 is 15.9 Å². The molecule has 0 spiro atoms. The van der Waals surface area contributed by atoms with Crippen LogP contribution in [0.15, 0.2) is 113 Å². The lowest BCUT2D eigenvalue weighted by Gasteiger charge is -2.23. The average Bonchev–Trinajstić information content (AvgIpc) is 4.15. The minimum absolute atomic E-state index is 0.0255. The number of halogens is 1. The van der Waals surface area contributed by atoms with Crippen LogP contribution in [0.3, 0.4) is 0 Å². The number of hydrogen-bond acceptors (Lipinski definition) is 8. The summed E-state index contributed by atoms with van der Waals surface area (Å²) in [5.74, 6) is 1.27. The van der Waals surface area contributed by atoms with Gasteiger partial charge in [0.05, 0.1) is 50.6 Å². The molecule has 60 heavy (non-hydrogen) atoms. The van der Waals surface area contributed by atoms with E-state index in [0.29, 0.717) is 25.7 Å². The van der Waals surface area contributed by atoms with Crippen molar-refractivity contribution < 1.29 is 38.5 Å². The van der Waals surface area contributed by atoms with Gasteiger partial charge in [-0.3, -0.25) is 24.1 Å². The van der Waals surface area contributed by atoms with Crippen molar-refractivity contribution in [3.8, 4) is 0 Å². The molecule has 10 rings (SSSR count). The molecular weight excluding hydrogens is 828 g/mol. The molecule has 5 saturated heterocycles. The summed E-state index contributed by atoms with van der Waals surface area (Å²) in [5, 5.41) is 11.5. The second-order valence-electron chi connectivity index (χ2n) is 16.5. The van der Waals surface area contributed by atoms with Crippen LogP contribution in [-0.4, -0.2) is 94.0 Å². The molecule has 3 aromatic carbocycles. The molecule has 13 heteroatoms. The van der Waals surface area contributed by atoms with Gasteiger partial charge in [0.15, 0.2) is 18.7 Å². The topological polar surface area (TPSA) is 138 Å². The lowest BCUT2D eigenvalue weighted by Crippen LogP contribution is -2.32. The van der Waals surface area contributed by atoms with Gasteiger partial charge < -0.3 is 34.4 Å². The molecule has 4 amide bonds. The van der Waals surface area contributed by atoms with Crippen molar-refractivity contribution >= 4 is 39.6 Å². The fourth-order valence-corrected chi connectivity index (χ4v) is 9.36. The van der Waals surface area contributed by atoms with E-state index in [0.717, 1.165) is 32.3 Å². The third kappa shape index (κ3) is 8.34. The Balaban J connectivity index is 0.000000123. The number of fused-ring (bicyclic) bond motifs is 3. The Kier molecular flexibility index (Phi) is 13.4. The summed E-state index contributed by atoms with van der Waals surface area (Å²) in [7, 11) is 0. The number of carbonyl (C=O) groups excluding carboxylic acids is 4. The summed E-state index contributed by atoms with van der Waals surface area (Å²) < 4.78 is 18.2. The SMILES string of the molecule is CC1=C(Br)[C@@H]2COC(c3ccccc3)N2C1=O.CC1=C[C@@H]2COC(c3ccccc3)N2C1=O.CC1C(=O)N2C(c3ccccc3)OC[C@H]2C1C.CC1C(=O)N[C@@H](CO)C1C. The van der Waals surface area contributed by atoms with E-state index in [-0.39, 0.29) is 90.8 Å². The van der Waals surface area contributed by atoms with E-state index < -0.39 is 0 Å². The van der Waals surface area contributed by atoms with Crippen molar-refractivity contribution in [2.75, 3.05) is 26.4 Å². The highest BCUT2D eigenvalue weighted by atomic mass is 79.9. The number of ether oxygens (including phenoxy) is 3. The third-order valence-electron chi connectivity index (χ3n) is 12.9. The Morgan fingerprint density at radius 3 is 1.65 bits per heavy atom. The van der Waals surface area contributed by atoms with Gasteiger partial charge in [-0.2, -0.15) is 0 Å². The van der Waals surface area contributed by atoms with Crippen LogP contribution in [-0.2, 0) is 33.4 Å². The van der Waals surface area contributed by atoms with Gasteiger partial charge in [0.25, 0.3) is 11.8 Å². The minimum atomic E-state index is -0.251. The second-order valence-corrected chi connectivity index (χ2v) is 17.4. The van der Waals surface area contributed by atoms with E-state index in [2.05, 4.69) is 28.2 Å². The quantitative estimate of drug-likeness (QED) is 0.307. The molecule has 318 valence electrons. The van der Waals surface area contributed by atoms with Crippen LogP contribution < -0.4 is 5.32 Å². The molecule has 7 aliphatic rings. The summed E-state index contributed by atoms with van der Waals surface area (Å²) in [6.45, 7) is 13.6. The number of aliphatic hydroxyl groups is 1. The molecule has 11 atom stereocenters. The highest BCUT2D eigenvalue weighted by molar-refractivity contribution is 9.11. The zero-order chi connectivity index (χ0) is 42.8. The zero-order valence-electron chi connectivity index (χ0n) is 34.9. The number of aliphatic hydroxyl groups excluding tert-OH is 1. The molecule has 2 N–H and O–H groups in total. The van der Waals surface area contributed by atoms with Crippen LogP contribution in [0.25, 0.3) is 0 Å². The smallest absolute Gasteiger partial charge is 0.253 e. The van der Waals surface area contributed by atoms with E-state index in [9.17, 15) is 19.2 Å². The lowest BCUT2D eigenvalue weighted by molar-refractivity contribution is -0.137. The molecule has 0 saturated carbocycles. The van der Waals surface area contributed by atoms with Gasteiger partial charge in [0, 0.05) is 44.2 Å². The molecule has 7 unspecified atom stereocenters. The van der Waals surface area contributed by atoms with Crippen LogP contribution in [0.4, 0.5) is 0 Å². The van der Waals surface area contributed by atoms with Crippen LogP contribution in [0.5, 0.6) is 0 Å². The van der Waals surface area contributed by atoms with E-state index in [1.165, 1.54) is 0 Å². The van der Waals surface area contributed by atoms with Gasteiger partial charge in [-0.05, 0) is 25.7 Å². The number of benzene rings is 3. The maximum Gasteiger partial charge on any atom is 0.253 e. The highest BCUT2D eigenvalue weighted by Crippen LogP contribution is 2.43. The maximum absolute atomic E-state index is 12.2. The molecular formula is C47H55BrN4O8. The molecule has 0 radical (unpaired) electrons. The van der Waals surface area contributed by atoms with Crippen LogP contribution in [0.1, 0.15) is 76.9 Å². The van der Waals surface area contributed by atoms with E-state index in [1.807, 2.05) is 146 Å². The Morgan fingerprint density at radius 2 is 1.15 bits per heavy atom. The Bertz CT molecular complexity index is 2060. The Morgan fingerprint density at radius 1 is 0.650 bits per heavy atom. The van der Waals surface area contributed by atoms with Crippen molar-refractivity contribution in [2.45, 2.75) is 84.4 Å². The van der Waals surface area contributed by atoms with Gasteiger partial charge in [0.2, 0.25) is 11.8 Å². The van der Waals surface area contributed by atoms with Crippen molar-refractivity contribution in [2.24, 2.45) is 23.7 Å². The Labute approximate surface area is 360 Å². The molecule has 5 fully saturated rings. The Hall–Kier alpha value is -4.66. The van der Waals surface area contributed by atoms with Crippen molar-refractivity contribution in [1.82, 2.24) is 20.0 Å². The molecule has 0 bridgehead atoms. The van der Waals surface area contributed by atoms with Crippen molar-refractivity contribution in [3.63, 3.8) is 0 Å². The van der Waals surface area contributed by atoms with Gasteiger partial charge >= 0.3 is 0 Å². The summed E-state index contributed by atoms with van der Waals surface area (Å²) in [4.78, 5) is 52.8. The van der Waals surface area contributed by atoms with E-state index in [1.54, 1.807) is 0 Å². The summed E-state index contributed by atoms with van der Waals surface area (Å²) in [5.41, 5.74) is 4.76. The normalized spacial score (nSPS) is 32.4. The fraction of sp³-hybridized carbons (Fsp3) is 0.447. The number of nitrogens with one attached hydrogen (secondary N) is 1. The fourth-order valence-electron chi connectivity index (χ4n) is 8.84. The lowest BCUT2D eigenvalue weighted by atomic mass is 9.94. The molecule has 7 aliphatic heterocycles. The summed E-state index contributed by atoms with van der Waals surface area (Å²) >= 11 is 3.49. The predicted octanol–water partition coefficient (Wildman–Crippen LogP) is 6.42. The molecule has 12 nitrogen and oxygen atoms in total. The molecule has 3 aromatic rings. The summed E-state index contributed by atoms with van der Waals surface area (Å²) in [6, 6.07) is 30.1. The first-order valence-corrected chi connectivity index (χ1v) is 21.6. The third-order valence-corrected chi connectivity index (χ3v) is 14.1. The molecule has 0 aliphatic carbocycles. The standard InChI is InChI=1S/C14H17NO2.C13H12BrNO2.C13H13NO2.C7H13NO2/c1-9-10(2)13(16)15-12(9)8-17-14(15)11-6-4-3-5-7-11;1-8-11(14)10-7-17-13(15(10)12(8)16)9-5-3-2-4-6-9;1-9-7-11-8-16-13(14(11)12(9)15)10-5-3-2-4-6-10;1-4-5(2)7(10)8-6(4)3-9/h3-7,9-10,12,14H,8H2,1-2H3;2-6,10,13H,7H2,1H3;2-7,11,13H,8H2,1H3;4-6,9H,3H2,1-2H3,(H,8,10)/t9?,10?,12-,14?;10-,13?;11-,13?;4?,5?,6-/m0010/s1. The number of nitrogens with zero attached hydrogens (tertiary/aromatic N) is 3. The van der Waals surface area contributed by atoms with Crippen molar-refractivity contribution in [3.05, 3.63) is 129 Å².